The van der Waals surface area contributed by atoms with Crippen molar-refractivity contribution in [1.82, 2.24) is 25.2 Å². The van der Waals surface area contributed by atoms with Crippen LogP contribution in [0.1, 0.15) is 13.3 Å². The average molecular weight is 399 g/mol. The number of hydrogen-bond acceptors (Lipinski definition) is 7. The van der Waals surface area contributed by atoms with E-state index < -0.39 is 10.0 Å². The van der Waals surface area contributed by atoms with Gasteiger partial charge in [-0.1, -0.05) is 18.7 Å². The summed E-state index contributed by atoms with van der Waals surface area (Å²) in [6, 6.07) is 5.93. The second kappa shape index (κ2) is 10.1. The number of nitrogens with one attached hydrogen (secondary N) is 3. The zero-order valence-electron chi connectivity index (χ0n) is 14.3. The Kier molecular flexibility index (Phi) is 7.88. The van der Waals surface area contributed by atoms with Crippen LogP contribution in [-0.4, -0.2) is 55.0 Å². The Hall–Kier alpha value is -2.11. The number of aromatic nitrogens is 3. The number of ether oxygens (including phenoxy) is 1. The molecule has 0 unspecified atom stereocenters. The van der Waals surface area contributed by atoms with Crippen LogP contribution in [0.15, 0.2) is 40.6 Å². The third-order valence-corrected chi connectivity index (χ3v) is 5.46. The third-order valence-electron chi connectivity index (χ3n) is 3.10. The van der Waals surface area contributed by atoms with Crippen LogP contribution in [0.4, 0.5) is 0 Å². The summed E-state index contributed by atoms with van der Waals surface area (Å²) in [4.78, 5) is 15.9. The molecule has 0 atom stereocenters. The van der Waals surface area contributed by atoms with Gasteiger partial charge in [0.15, 0.2) is 11.8 Å². The molecule has 0 saturated heterocycles. The Morgan fingerprint density at radius 3 is 2.69 bits per heavy atom. The van der Waals surface area contributed by atoms with E-state index in [-0.39, 0.29) is 17.4 Å². The number of thioether (sulfide) groups is 1. The van der Waals surface area contributed by atoms with Crippen molar-refractivity contribution in [2.75, 3.05) is 25.4 Å². The summed E-state index contributed by atoms with van der Waals surface area (Å²) in [7, 11) is -3.50. The fourth-order valence-corrected chi connectivity index (χ4v) is 3.61. The van der Waals surface area contributed by atoms with Gasteiger partial charge in [0, 0.05) is 18.8 Å². The first-order chi connectivity index (χ1) is 12.5. The minimum Gasteiger partial charge on any atom is -0.484 e. The molecule has 0 saturated carbocycles. The highest BCUT2D eigenvalue weighted by atomic mass is 32.2. The lowest BCUT2D eigenvalue weighted by Crippen LogP contribution is -2.30. The summed E-state index contributed by atoms with van der Waals surface area (Å²) in [5.41, 5.74) is 0. The van der Waals surface area contributed by atoms with Gasteiger partial charge in [0.25, 0.3) is 5.91 Å². The predicted octanol–water partition coefficient (Wildman–Crippen LogP) is 0.780. The van der Waals surface area contributed by atoms with Gasteiger partial charge in [-0.2, -0.15) is 5.10 Å². The maximum atomic E-state index is 12.0. The van der Waals surface area contributed by atoms with Crippen molar-refractivity contribution < 1.29 is 17.9 Å². The molecule has 26 heavy (non-hydrogen) atoms. The molecule has 142 valence electrons. The molecule has 3 N–H and O–H groups in total. The molecule has 0 aliphatic heterocycles. The van der Waals surface area contributed by atoms with Gasteiger partial charge in [-0.15, -0.1) is 0 Å². The van der Waals surface area contributed by atoms with Gasteiger partial charge in [0.1, 0.15) is 12.1 Å². The highest BCUT2D eigenvalue weighted by molar-refractivity contribution is 7.99. The maximum Gasteiger partial charge on any atom is 0.257 e. The van der Waals surface area contributed by atoms with Crippen molar-refractivity contribution in [3.05, 3.63) is 30.6 Å². The molecule has 0 bridgehead atoms. The molecule has 1 aromatic carbocycles. The summed E-state index contributed by atoms with van der Waals surface area (Å²) in [6.07, 6.45) is 2.14. The van der Waals surface area contributed by atoms with Gasteiger partial charge in [0.2, 0.25) is 10.0 Å². The van der Waals surface area contributed by atoms with E-state index in [1.165, 1.54) is 42.4 Å². The largest absolute Gasteiger partial charge is 0.484 e. The number of H-pyrrole nitrogens is 1. The second-order valence-corrected chi connectivity index (χ2v) is 8.00. The van der Waals surface area contributed by atoms with Crippen LogP contribution in [-0.2, 0) is 14.8 Å². The minimum atomic E-state index is -3.50. The first-order valence-corrected chi connectivity index (χ1v) is 10.5. The van der Waals surface area contributed by atoms with Crippen molar-refractivity contribution in [2.45, 2.75) is 23.4 Å². The Morgan fingerprint density at radius 1 is 1.27 bits per heavy atom. The number of amides is 1. The van der Waals surface area contributed by atoms with Crippen LogP contribution < -0.4 is 14.8 Å². The van der Waals surface area contributed by atoms with Gasteiger partial charge in [-0.3, -0.25) is 9.89 Å². The lowest BCUT2D eigenvalue weighted by atomic mass is 10.3. The van der Waals surface area contributed by atoms with Crippen molar-refractivity contribution in [2.24, 2.45) is 0 Å². The molecule has 1 aromatic heterocycles. The van der Waals surface area contributed by atoms with E-state index in [0.29, 0.717) is 36.2 Å². The molecule has 1 amide bonds. The van der Waals surface area contributed by atoms with E-state index in [4.69, 9.17) is 4.74 Å². The molecular weight excluding hydrogens is 378 g/mol. The van der Waals surface area contributed by atoms with Gasteiger partial charge >= 0.3 is 0 Å². The number of carbonyl (C=O) groups is 1. The van der Waals surface area contributed by atoms with Crippen molar-refractivity contribution >= 4 is 27.7 Å². The monoisotopic (exact) mass is 399 g/mol. The molecule has 0 radical (unpaired) electrons. The summed E-state index contributed by atoms with van der Waals surface area (Å²) in [6.45, 7) is 2.59. The van der Waals surface area contributed by atoms with Crippen LogP contribution in [0.2, 0.25) is 0 Å². The Bertz CT molecular complexity index is 779. The maximum absolute atomic E-state index is 12.0. The highest BCUT2D eigenvalue weighted by Crippen LogP contribution is 2.15. The molecule has 0 aliphatic carbocycles. The van der Waals surface area contributed by atoms with Gasteiger partial charge in [0.05, 0.1) is 4.90 Å². The first-order valence-electron chi connectivity index (χ1n) is 7.98. The zero-order chi connectivity index (χ0) is 18.8. The van der Waals surface area contributed by atoms with E-state index in [1.807, 2.05) is 6.92 Å². The number of aromatic amines is 1. The van der Waals surface area contributed by atoms with E-state index in [2.05, 4.69) is 25.2 Å². The lowest BCUT2D eigenvalue weighted by molar-refractivity contribution is -0.122. The highest BCUT2D eigenvalue weighted by Gasteiger charge is 2.13. The van der Waals surface area contributed by atoms with Gasteiger partial charge < -0.3 is 10.1 Å². The average Bonchev–Trinajstić information content (AvgIpc) is 3.16. The molecular formula is C15H21N5O4S2. The standard InChI is InChI=1S/C15H21N5O4S2/c1-2-7-19-26(22,23)13-5-3-12(4-6-13)24-10-14(21)16-8-9-25-15-17-11-18-20-15/h3-6,11,19H,2,7-10H2,1H3,(H,16,21)(H,17,18,20). The summed E-state index contributed by atoms with van der Waals surface area (Å²) in [5.74, 6) is 0.813. The van der Waals surface area contributed by atoms with Crippen molar-refractivity contribution in [1.29, 1.82) is 0 Å². The predicted molar refractivity (Wildman–Crippen MR) is 97.5 cm³/mol. The molecule has 1 heterocycles. The van der Waals surface area contributed by atoms with E-state index in [0.717, 1.165) is 0 Å². The zero-order valence-corrected chi connectivity index (χ0v) is 15.9. The second-order valence-electron chi connectivity index (χ2n) is 5.15. The van der Waals surface area contributed by atoms with Crippen molar-refractivity contribution in [3.8, 4) is 5.75 Å². The van der Waals surface area contributed by atoms with E-state index in [1.54, 1.807) is 0 Å². The third kappa shape index (κ3) is 6.65. The molecule has 0 aliphatic rings. The van der Waals surface area contributed by atoms with E-state index in [9.17, 15) is 13.2 Å². The number of benzene rings is 1. The van der Waals surface area contributed by atoms with Crippen LogP contribution in [0.25, 0.3) is 0 Å². The molecule has 0 spiro atoms. The Balaban J connectivity index is 1.70. The van der Waals surface area contributed by atoms with Crippen LogP contribution in [0.3, 0.4) is 0 Å². The first kappa shape index (κ1) is 20.2. The lowest BCUT2D eigenvalue weighted by Gasteiger charge is -2.09. The number of hydrogen-bond donors (Lipinski definition) is 3. The summed E-state index contributed by atoms with van der Waals surface area (Å²) < 4.78 is 31.8. The SMILES string of the molecule is CCCNS(=O)(=O)c1ccc(OCC(=O)NCCSc2ncn[nH]2)cc1. The fourth-order valence-electron chi connectivity index (χ4n) is 1.84. The van der Waals surface area contributed by atoms with E-state index >= 15 is 0 Å². The minimum absolute atomic E-state index is 0.146. The number of nitrogens with zero attached hydrogens (tertiary/aromatic N) is 2. The van der Waals surface area contributed by atoms with Crippen LogP contribution in [0, 0.1) is 0 Å². The smallest absolute Gasteiger partial charge is 0.257 e. The topological polar surface area (TPSA) is 126 Å². The van der Waals surface area contributed by atoms with Gasteiger partial charge in [-0.25, -0.2) is 18.1 Å². The molecule has 2 aromatic rings. The number of rotatable bonds is 11. The quantitative estimate of drug-likeness (QED) is 0.376. The van der Waals surface area contributed by atoms with Crippen LogP contribution in [0.5, 0.6) is 5.75 Å². The number of carbonyl (C=O) groups excluding carboxylic acids is 1. The van der Waals surface area contributed by atoms with Crippen molar-refractivity contribution in [3.63, 3.8) is 0 Å². The molecule has 2 rings (SSSR count). The molecule has 9 nitrogen and oxygen atoms in total. The summed E-state index contributed by atoms with van der Waals surface area (Å²) >= 11 is 1.45. The summed E-state index contributed by atoms with van der Waals surface area (Å²) in [5, 5.41) is 9.86. The van der Waals surface area contributed by atoms with Crippen LogP contribution >= 0.6 is 11.8 Å². The number of sulfonamides is 1. The molecule has 0 fully saturated rings. The normalized spacial score (nSPS) is 11.3. The molecule has 11 heteroatoms. The Morgan fingerprint density at radius 2 is 2.04 bits per heavy atom. The Labute approximate surface area is 156 Å². The fraction of sp³-hybridized carbons (Fsp3) is 0.400. The van der Waals surface area contributed by atoms with Gasteiger partial charge in [-0.05, 0) is 30.7 Å².